The Morgan fingerprint density at radius 1 is 1.07 bits per heavy atom. The van der Waals surface area contributed by atoms with Crippen LogP contribution in [-0.2, 0) is 11.2 Å². The Bertz CT molecular complexity index is 1030. The summed E-state index contributed by atoms with van der Waals surface area (Å²) in [6, 6.07) is 15.7. The van der Waals surface area contributed by atoms with Crippen LogP contribution < -0.4 is 9.47 Å². The zero-order valence-electron chi connectivity index (χ0n) is 16.6. The third kappa shape index (κ3) is 3.87. The second kappa shape index (κ2) is 8.18. The minimum Gasteiger partial charge on any atom is -0.454 e. The van der Waals surface area contributed by atoms with Gasteiger partial charge in [-0.05, 0) is 43.0 Å². The summed E-state index contributed by atoms with van der Waals surface area (Å²) in [6.45, 7) is 1.63. The molecule has 0 spiro atoms. The molecule has 1 unspecified atom stereocenters. The number of carbonyl (C=O) groups is 1. The van der Waals surface area contributed by atoms with Gasteiger partial charge >= 0.3 is 0 Å². The van der Waals surface area contributed by atoms with Crippen LogP contribution in [0.1, 0.15) is 36.6 Å². The number of hydrogen-bond acceptors (Lipinski definition) is 6. The second-order valence-electron chi connectivity index (χ2n) is 7.68. The number of amides is 1. The molecule has 0 saturated carbocycles. The van der Waals surface area contributed by atoms with E-state index in [1.807, 2.05) is 41.3 Å². The average Bonchev–Trinajstić information content (AvgIpc) is 3.47. The monoisotopic (exact) mass is 405 g/mol. The molecule has 0 aliphatic carbocycles. The van der Waals surface area contributed by atoms with E-state index in [0.717, 1.165) is 37.1 Å². The highest BCUT2D eigenvalue weighted by atomic mass is 16.7. The Kier molecular flexibility index (Phi) is 5.09. The Hall–Kier alpha value is -3.35. The van der Waals surface area contributed by atoms with Gasteiger partial charge in [-0.15, -0.1) is 10.2 Å². The van der Waals surface area contributed by atoms with Crippen molar-refractivity contribution in [3.8, 4) is 23.0 Å². The van der Waals surface area contributed by atoms with Crippen LogP contribution in [0, 0.1) is 0 Å². The first-order valence-electron chi connectivity index (χ1n) is 10.3. The van der Waals surface area contributed by atoms with Gasteiger partial charge in [-0.1, -0.05) is 30.3 Å². The Morgan fingerprint density at radius 2 is 1.93 bits per heavy atom. The number of carbonyl (C=O) groups excluding carboxylic acids is 1. The molecular formula is C23H23N3O4. The lowest BCUT2D eigenvalue weighted by atomic mass is 9.97. The fourth-order valence-electron chi connectivity index (χ4n) is 4.01. The molecule has 7 heteroatoms. The quantitative estimate of drug-likeness (QED) is 0.642. The molecule has 2 aliphatic heterocycles. The molecule has 1 atom stereocenters. The van der Waals surface area contributed by atoms with Crippen LogP contribution >= 0.6 is 0 Å². The van der Waals surface area contributed by atoms with Crippen molar-refractivity contribution in [3.63, 3.8) is 0 Å². The molecule has 7 nitrogen and oxygen atoms in total. The molecule has 3 heterocycles. The van der Waals surface area contributed by atoms with E-state index in [4.69, 9.17) is 13.9 Å². The van der Waals surface area contributed by atoms with E-state index in [9.17, 15) is 4.79 Å². The first-order chi connectivity index (χ1) is 14.8. The van der Waals surface area contributed by atoms with Crippen LogP contribution in [0.15, 0.2) is 52.9 Å². The molecule has 0 bridgehead atoms. The van der Waals surface area contributed by atoms with Crippen LogP contribution in [0.3, 0.4) is 0 Å². The van der Waals surface area contributed by atoms with E-state index in [-0.39, 0.29) is 18.6 Å². The van der Waals surface area contributed by atoms with Crippen LogP contribution in [0.2, 0.25) is 0 Å². The fourth-order valence-corrected chi connectivity index (χ4v) is 4.01. The molecule has 0 radical (unpaired) electrons. The highest BCUT2D eigenvalue weighted by molar-refractivity contribution is 5.76. The van der Waals surface area contributed by atoms with Crippen molar-refractivity contribution in [1.82, 2.24) is 15.1 Å². The first-order valence-corrected chi connectivity index (χ1v) is 10.3. The van der Waals surface area contributed by atoms with Crippen molar-refractivity contribution in [3.05, 3.63) is 60.0 Å². The first kappa shape index (κ1) is 18.7. The summed E-state index contributed by atoms with van der Waals surface area (Å²) in [6.07, 6.45) is 3.15. The fraction of sp³-hybridized carbons (Fsp3) is 0.348. The van der Waals surface area contributed by atoms with Crippen molar-refractivity contribution in [1.29, 1.82) is 0 Å². The number of hydrogen-bond donors (Lipinski definition) is 0. The van der Waals surface area contributed by atoms with Crippen molar-refractivity contribution < 1.29 is 18.7 Å². The minimum atomic E-state index is 0.0645. The highest BCUT2D eigenvalue weighted by Gasteiger charge is 2.28. The van der Waals surface area contributed by atoms with E-state index in [1.54, 1.807) is 0 Å². The molecule has 3 aromatic rings. The van der Waals surface area contributed by atoms with E-state index < -0.39 is 0 Å². The Morgan fingerprint density at radius 3 is 2.83 bits per heavy atom. The number of ether oxygens (including phenoxy) is 2. The minimum absolute atomic E-state index is 0.0645. The van der Waals surface area contributed by atoms with Crippen LogP contribution in [0.4, 0.5) is 0 Å². The van der Waals surface area contributed by atoms with Gasteiger partial charge in [0.25, 0.3) is 0 Å². The number of piperidine rings is 1. The van der Waals surface area contributed by atoms with Crippen molar-refractivity contribution in [2.24, 2.45) is 0 Å². The molecular weight excluding hydrogens is 382 g/mol. The molecule has 154 valence electrons. The predicted molar refractivity (Wildman–Crippen MR) is 109 cm³/mol. The highest BCUT2D eigenvalue weighted by Crippen LogP contribution is 2.36. The molecule has 1 aromatic heterocycles. The molecule has 1 amide bonds. The molecule has 1 fully saturated rings. The topological polar surface area (TPSA) is 77.7 Å². The zero-order valence-corrected chi connectivity index (χ0v) is 16.6. The summed E-state index contributed by atoms with van der Waals surface area (Å²) >= 11 is 0. The van der Waals surface area contributed by atoms with E-state index in [2.05, 4.69) is 22.3 Å². The number of aromatic nitrogens is 2. The molecule has 1 saturated heterocycles. The molecule has 30 heavy (non-hydrogen) atoms. The lowest BCUT2D eigenvalue weighted by Gasteiger charge is -2.31. The third-order valence-corrected chi connectivity index (χ3v) is 5.65. The lowest BCUT2D eigenvalue weighted by molar-refractivity contribution is -0.132. The van der Waals surface area contributed by atoms with Gasteiger partial charge in [0.05, 0.1) is 5.92 Å². The van der Waals surface area contributed by atoms with Gasteiger partial charge in [0.1, 0.15) is 0 Å². The SMILES string of the molecule is O=C(CCc1ccccc1)N1CCCC(c2nnc(-c3ccc4c(c3)OCO4)o2)C1. The number of rotatable bonds is 5. The largest absolute Gasteiger partial charge is 0.454 e. The summed E-state index contributed by atoms with van der Waals surface area (Å²) in [5.74, 6) is 2.68. The zero-order chi connectivity index (χ0) is 20.3. The predicted octanol–water partition coefficient (Wildman–Crippen LogP) is 3.80. The Labute approximate surface area is 174 Å². The summed E-state index contributed by atoms with van der Waals surface area (Å²) in [7, 11) is 0. The van der Waals surface area contributed by atoms with Crippen molar-refractivity contribution in [2.45, 2.75) is 31.6 Å². The maximum absolute atomic E-state index is 12.7. The standard InChI is InChI=1S/C23H23N3O4/c27-21(11-8-16-5-2-1-3-6-16)26-12-4-7-18(14-26)23-25-24-22(30-23)17-9-10-19-20(13-17)29-15-28-19/h1-3,5-6,9-10,13,18H,4,7-8,11-12,14-15H2. The van der Waals surface area contributed by atoms with Gasteiger partial charge in [-0.2, -0.15) is 0 Å². The number of benzene rings is 2. The Balaban J connectivity index is 1.23. The van der Waals surface area contributed by atoms with Crippen molar-refractivity contribution in [2.75, 3.05) is 19.9 Å². The van der Waals surface area contributed by atoms with Gasteiger partial charge in [0, 0.05) is 25.1 Å². The summed E-state index contributed by atoms with van der Waals surface area (Å²) in [5, 5.41) is 8.49. The van der Waals surface area contributed by atoms with Crippen LogP contribution in [0.5, 0.6) is 11.5 Å². The van der Waals surface area contributed by atoms with Gasteiger partial charge < -0.3 is 18.8 Å². The number of nitrogens with zero attached hydrogens (tertiary/aromatic N) is 3. The molecule has 0 N–H and O–H groups in total. The molecule has 5 rings (SSSR count). The number of fused-ring (bicyclic) bond motifs is 1. The summed E-state index contributed by atoms with van der Waals surface area (Å²) in [4.78, 5) is 14.6. The van der Waals surface area contributed by atoms with E-state index in [1.165, 1.54) is 5.56 Å². The number of likely N-dealkylation sites (tertiary alicyclic amines) is 1. The number of aryl methyl sites for hydroxylation is 1. The molecule has 2 aromatic carbocycles. The maximum Gasteiger partial charge on any atom is 0.247 e. The molecule has 2 aliphatic rings. The van der Waals surface area contributed by atoms with Gasteiger partial charge in [0.2, 0.25) is 24.5 Å². The third-order valence-electron chi connectivity index (χ3n) is 5.65. The smallest absolute Gasteiger partial charge is 0.247 e. The van der Waals surface area contributed by atoms with E-state index in [0.29, 0.717) is 30.5 Å². The average molecular weight is 405 g/mol. The van der Waals surface area contributed by atoms with Gasteiger partial charge in [0.15, 0.2) is 11.5 Å². The summed E-state index contributed by atoms with van der Waals surface area (Å²) in [5.41, 5.74) is 1.98. The second-order valence-corrected chi connectivity index (χ2v) is 7.68. The normalized spacial score (nSPS) is 17.9. The summed E-state index contributed by atoms with van der Waals surface area (Å²) < 4.78 is 16.7. The van der Waals surface area contributed by atoms with Crippen LogP contribution in [-0.4, -0.2) is 40.9 Å². The maximum atomic E-state index is 12.7. The lowest BCUT2D eigenvalue weighted by Crippen LogP contribution is -2.39. The van der Waals surface area contributed by atoms with Crippen LogP contribution in [0.25, 0.3) is 11.5 Å². The van der Waals surface area contributed by atoms with E-state index >= 15 is 0 Å². The van der Waals surface area contributed by atoms with Gasteiger partial charge in [-0.3, -0.25) is 4.79 Å². The van der Waals surface area contributed by atoms with Gasteiger partial charge in [-0.25, -0.2) is 0 Å². The van der Waals surface area contributed by atoms with Crippen molar-refractivity contribution >= 4 is 5.91 Å².